The topological polar surface area (TPSA) is 77.8 Å². The van der Waals surface area contributed by atoms with Gasteiger partial charge in [-0.25, -0.2) is 4.79 Å². The fourth-order valence-corrected chi connectivity index (χ4v) is 2.97. The Morgan fingerprint density at radius 2 is 1.65 bits per heavy atom. The molecular formula is C25H21NO5. The van der Waals surface area contributed by atoms with Crippen LogP contribution in [-0.2, 0) is 16.1 Å². The standard InChI is InChI=1S/C25H21NO5/c1-17(30-25(28)23-15-19-9-5-6-10-22(19)31-23)24(27)26-20-11-13-21(14-12-20)29-16-18-7-3-2-4-8-18/h2-15,17H,16H2,1H3,(H,26,27)/t17-/m1/s1. The number of benzene rings is 3. The molecule has 6 nitrogen and oxygen atoms in total. The number of rotatable bonds is 7. The molecule has 0 spiro atoms. The second-order valence-electron chi connectivity index (χ2n) is 6.98. The number of anilines is 1. The maximum atomic E-state index is 12.4. The average molecular weight is 415 g/mol. The Hall–Kier alpha value is -4.06. The summed E-state index contributed by atoms with van der Waals surface area (Å²) in [6, 6.07) is 25.7. The summed E-state index contributed by atoms with van der Waals surface area (Å²) in [6.07, 6.45) is -0.991. The van der Waals surface area contributed by atoms with E-state index in [9.17, 15) is 9.59 Å². The highest BCUT2D eigenvalue weighted by Gasteiger charge is 2.21. The van der Waals surface area contributed by atoms with Crippen molar-refractivity contribution in [3.63, 3.8) is 0 Å². The van der Waals surface area contributed by atoms with Crippen LogP contribution in [0.3, 0.4) is 0 Å². The van der Waals surface area contributed by atoms with E-state index in [1.165, 1.54) is 6.92 Å². The Bertz CT molecular complexity index is 1150. The number of carbonyl (C=O) groups is 2. The molecule has 0 saturated carbocycles. The van der Waals surface area contributed by atoms with Gasteiger partial charge < -0.3 is 19.2 Å². The smallest absolute Gasteiger partial charge is 0.375 e. The Labute approximate surface area is 179 Å². The molecule has 0 aliphatic heterocycles. The lowest BCUT2D eigenvalue weighted by molar-refractivity contribution is -0.123. The number of amides is 1. The minimum atomic E-state index is -0.991. The van der Waals surface area contributed by atoms with Crippen LogP contribution in [0.5, 0.6) is 5.75 Å². The first kappa shape index (κ1) is 20.2. The van der Waals surface area contributed by atoms with E-state index in [4.69, 9.17) is 13.9 Å². The Kier molecular flexibility index (Phi) is 5.98. The number of hydrogen-bond acceptors (Lipinski definition) is 5. The number of ether oxygens (including phenoxy) is 2. The van der Waals surface area contributed by atoms with Crippen molar-refractivity contribution in [2.45, 2.75) is 19.6 Å². The highest BCUT2D eigenvalue weighted by molar-refractivity contribution is 5.98. The zero-order valence-electron chi connectivity index (χ0n) is 16.9. The summed E-state index contributed by atoms with van der Waals surface area (Å²) in [6.45, 7) is 1.97. The molecular weight excluding hydrogens is 394 g/mol. The van der Waals surface area contributed by atoms with Crippen LogP contribution < -0.4 is 10.1 Å². The number of fused-ring (bicyclic) bond motifs is 1. The molecule has 1 atom stereocenters. The predicted molar refractivity (Wildman–Crippen MR) is 117 cm³/mol. The molecule has 0 saturated heterocycles. The summed E-state index contributed by atoms with van der Waals surface area (Å²) in [5, 5.41) is 3.52. The third-order valence-electron chi connectivity index (χ3n) is 4.65. The van der Waals surface area contributed by atoms with Crippen LogP contribution in [0.1, 0.15) is 23.0 Å². The fraction of sp³-hybridized carbons (Fsp3) is 0.120. The molecule has 156 valence electrons. The summed E-state index contributed by atoms with van der Waals surface area (Å²) in [5.41, 5.74) is 2.23. The molecule has 4 aromatic rings. The van der Waals surface area contributed by atoms with Crippen LogP contribution in [0.4, 0.5) is 5.69 Å². The van der Waals surface area contributed by atoms with Gasteiger partial charge in [-0.2, -0.15) is 0 Å². The quantitative estimate of drug-likeness (QED) is 0.420. The van der Waals surface area contributed by atoms with Crippen molar-refractivity contribution >= 4 is 28.5 Å². The maximum Gasteiger partial charge on any atom is 0.375 e. The van der Waals surface area contributed by atoms with E-state index in [1.54, 1.807) is 36.4 Å². The van der Waals surface area contributed by atoms with Crippen molar-refractivity contribution in [1.82, 2.24) is 0 Å². The van der Waals surface area contributed by atoms with Gasteiger partial charge in [0.2, 0.25) is 5.76 Å². The Morgan fingerprint density at radius 1 is 0.935 bits per heavy atom. The number of para-hydroxylation sites is 1. The van der Waals surface area contributed by atoms with Crippen LogP contribution >= 0.6 is 0 Å². The van der Waals surface area contributed by atoms with E-state index in [1.807, 2.05) is 48.5 Å². The number of hydrogen-bond donors (Lipinski definition) is 1. The molecule has 4 rings (SSSR count). The summed E-state index contributed by atoms with van der Waals surface area (Å²) >= 11 is 0. The van der Waals surface area contributed by atoms with Crippen molar-refractivity contribution in [2.75, 3.05) is 5.32 Å². The third kappa shape index (κ3) is 5.11. The van der Waals surface area contributed by atoms with Gasteiger partial charge in [0.15, 0.2) is 6.10 Å². The van der Waals surface area contributed by atoms with E-state index in [0.29, 0.717) is 23.6 Å². The molecule has 0 fully saturated rings. The van der Waals surface area contributed by atoms with Crippen LogP contribution in [0.2, 0.25) is 0 Å². The van der Waals surface area contributed by atoms with Crippen molar-refractivity contribution in [3.8, 4) is 5.75 Å². The zero-order valence-corrected chi connectivity index (χ0v) is 16.9. The number of nitrogens with one attached hydrogen (secondary N) is 1. The Balaban J connectivity index is 1.30. The van der Waals surface area contributed by atoms with E-state index >= 15 is 0 Å². The molecule has 31 heavy (non-hydrogen) atoms. The number of esters is 1. The average Bonchev–Trinajstić information content (AvgIpc) is 3.24. The normalized spacial score (nSPS) is 11.6. The van der Waals surface area contributed by atoms with E-state index in [-0.39, 0.29) is 5.76 Å². The molecule has 6 heteroatoms. The molecule has 0 aliphatic rings. The monoisotopic (exact) mass is 415 g/mol. The third-order valence-corrected chi connectivity index (χ3v) is 4.65. The molecule has 1 heterocycles. The summed E-state index contributed by atoms with van der Waals surface area (Å²) in [4.78, 5) is 24.7. The second kappa shape index (κ2) is 9.17. The van der Waals surface area contributed by atoms with Gasteiger partial charge in [0.25, 0.3) is 5.91 Å². The minimum Gasteiger partial charge on any atom is -0.489 e. The van der Waals surface area contributed by atoms with Gasteiger partial charge >= 0.3 is 5.97 Å². The van der Waals surface area contributed by atoms with Gasteiger partial charge in [-0.15, -0.1) is 0 Å². The SMILES string of the molecule is C[C@@H](OC(=O)c1cc2ccccc2o1)C(=O)Nc1ccc(OCc2ccccc2)cc1. The van der Waals surface area contributed by atoms with Crippen molar-refractivity contribution in [1.29, 1.82) is 0 Å². The van der Waals surface area contributed by atoms with Gasteiger partial charge in [-0.05, 0) is 48.9 Å². The lowest BCUT2D eigenvalue weighted by atomic mass is 10.2. The first-order valence-electron chi connectivity index (χ1n) is 9.86. The molecule has 1 N–H and O–H groups in total. The lowest BCUT2D eigenvalue weighted by Crippen LogP contribution is -2.29. The molecule has 0 radical (unpaired) electrons. The lowest BCUT2D eigenvalue weighted by Gasteiger charge is -2.13. The fourth-order valence-electron chi connectivity index (χ4n) is 2.97. The predicted octanol–water partition coefficient (Wildman–Crippen LogP) is 5.20. The first-order valence-corrected chi connectivity index (χ1v) is 9.86. The summed E-state index contributed by atoms with van der Waals surface area (Å²) in [7, 11) is 0. The molecule has 1 amide bonds. The van der Waals surface area contributed by atoms with Gasteiger partial charge in [-0.3, -0.25) is 4.79 Å². The highest BCUT2D eigenvalue weighted by atomic mass is 16.6. The first-order chi connectivity index (χ1) is 15.1. The summed E-state index contributed by atoms with van der Waals surface area (Å²) < 4.78 is 16.5. The van der Waals surface area contributed by atoms with Gasteiger partial charge in [0.1, 0.15) is 17.9 Å². The second-order valence-corrected chi connectivity index (χ2v) is 6.98. The molecule has 0 bridgehead atoms. The van der Waals surface area contributed by atoms with Gasteiger partial charge in [-0.1, -0.05) is 48.5 Å². The number of furan rings is 1. The van der Waals surface area contributed by atoms with Crippen molar-refractivity contribution in [3.05, 3.63) is 96.3 Å². The van der Waals surface area contributed by atoms with Crippen molar-refractivity contribution < 1.29 is 23.5 Å². The van der Waals surface area contributed by atoms with E-state index in [2.05, 4.69) is 5.32 Å². The van der Waals surface area contributed by atoms with Crippen LogP contribution in [-0.4, -0.2) is 18.0 Å². The van der Waals surface area contributed by atoms with Crippen molar-refractivity contribution in [2.24, 2.45) is 0 Å². The molecule has 0 aliphatic carbocycles. The van der Waals surface area contributed by atoms with Crippen LogP contribution in [0, 0.1) is 0 Å². The molecule has 3 aromatic carbocycles. The largest absolute Gasteiger partial charge is 0.489 e. The van der Waals surface area contributed by atoms with E-state index < -0.39 is 18.0 Å². The van der Waals surface area contributed by atoms with E-state index in [0.717, 1.165) is 10.9 Å². The van der Waals surface area contributed by atoms with Crippen LogP contribution in [0.25, 0.3) is 11.0 Å². The maximum absolute atomic E-state index is 12.4. The Morgan fingerprint density at radius 3 is 2.39 bits per heavy atom. The number of carbonyl (C=O) groups excluding carboxylic acids is 2. The zero-order chi connectivity index (χ0) is 21.6. The minimum absolute atomic E-state index is 0.0563. The van der Waals surface area contributed by atoms with Gasteiger partial charge in [0.05, 0.1) is 0 Å². The summed E-state index contributed by atoms with van der Waals surface area (Å²) in [5.74, 6) is -0.391. The molecule has 1 aromatic heterocycles. The van der Waals surface area contributed by atoms with Crippen LogP contribution in [0.15, 0.2) is 89.3 Å². The van der Waals surface area contributed by atoms with Gasteiger partial charge in [0, 0.05) is 11.1 Å². The molecule has 0 unspecified atom stereocenters. The highest BCUT2D eigenvalue weighted by Crippen LogP contribution is 2.20.